The molecular formula is C20H21N3O. The lowest BCUT2D eigenvalue weighted by molar-refractivity contribution is 0.594. The van der Waals surface area contributed by atoms with Crippen LogP contribution in [0.1, 0.15) is 23.5 Å². The van der Waals surface area contributed by atoms with Gasteiger partial charge in [0.15, 0.2) is 0 Å². The fourth-order valence-corrected chi connectivity index (χ4v) is 3.57. The van der Waals surface area contributed by atoms with E-state index in [2.05, 4.69) is 39.9 Å². The van der Waals surface area contributed by atoms with Gasteiger partial charge in [0.1, 0.15) is 0 Å². The van der Waals surface area contributed by atoms with Gasteiger partial charge in [0, 0.05) is 36.3 Å². The second kappa shape index (κ2) is 6.49. The zero-order valence-corrected chi connectivity index (χ0v) is 13.5. The van der Waals surface area contributed by atoms with Crippen molar-refractivity contribution in [2.45, 2.75) is 18.9 Å². The van der Waals surface area contributed by atoms with Crippen LogP contribution in [-0.4, -0.2) is 18.1 Å². The number of hydrogen-bond acceptors (Lipinski definition) is 3. The van der Waals surface area contributed by atoms with Crippen molar-refractivity contribution in [2.75, 3.05) is 18.4 Å². The SMILES string of the molecule is O=c1[nH]ccc2c3c(ccc12)NCC3CCNCc1ccccc1. The maximum atomic E-state index is 12.0. The van der Waals surface area contributed by atoms with Crippen LogP contribution in [0.4, 0.5) is 5.69 Å². The number of fused-ring (bicyclic) bond motifs is 3. The first kappa shape index (κ1) is 15.0. The number of H-pyrrole nitrogens is 1. The first-order valence-corrected chi connectivity index (χ1v) is 8.46. The van der Waals surface area contributed by atoms with E-state index in [1.165, 1.54) is 16.8 Å². The molecule has 1 unspecified atom stereocenters. The Morgan fingerprint density at radius 3 is 2.79 bits per heavy atom. The summed E-state index contributed by atoms with van der Waals surface area (Å²) >= 11 is 0. The van der Waals surface area contributed by atoms with Crippen LogP contribution in [-0.2, 0) is 6.54 Å². The predicted octanol–water partition coefficient (Wildman–Crippen LogP) is 3.22. The van der Waals surface area contributed by atoms with E-state index in [1.54, 1.807) is 6.20 Å². The summed E-state index contributed by atoms with van der Waals surface area (Å²) in [6.07, 6.45) is 2.80. The molecule has 1 aliphatic heterocycles. The molecule has 0 aliphatic carbocycles. The maximum Gasteiger partial charge on any atom is 0.255 e. The molecule has 24 heavy (non-hydrogen) atoms. The van der Waals surface area contributed by atoms with Gasteiger partial charge in [-0.25, -0.2) is 0 Å². The molecule has 0 spiro atoms. The Kier molecular flexibility index (Phi) is 4.05. The summed E-state index contributed by atoms with van der Waals surface area (Å²) in [5, 5.41) is 8.86. The van der Waals surface area contributed by atoms with E-state index < -0.39 is 0 Å². The minimum Gasteiger partial charge on any atom is -0.384 e. The second-order valence-corrected chi connectivity index (χ2v) is 6.32. The second-order valence-electron chi connectivity index (χ2n) is 6.32. The summed E-state index contributed by atoms with van der Waals surface area (Å²) in [7, 11) is 0. The van der Waals surface area contributed by atoms with Crippen molar-refractivity contribution in [3.8, 4) is 0 Å². The van der Waals surface area contributed by atoms with Gasteiger partial charge >= 0.3 is 0 Å². The lowest BCUT2D eigenvalue weighted by Gasteiger charge is -2.13. The number of hydrogen-bond donors (Lipinski definition) is 3. The average Bonchev–Trinajstić information content (AvgIpc) is 3.04. The molecule has 1 aromatic heterocycles. The fourth-order valence-electron chi connectivity index (χ4n) is 3.57. The highest BCUT2D eigenvalue weighted by Gasteiger charge is 2.24. The minimum absolute atomic E-state index is 0.0110. The summed E-state index contributed by atoms with van der Waals surface area (Å²) in [6.45, 7) is 2.79. The highest BCUT2D eigenvalue weighted by atomic mass is 16.1. The number of aromatic nitrogens is 1. The Hall–Kier alpha value is -2.59. The van der Waals surface area contributed by atoms with Crippen LogP contribution in [0.5, 0.6) is 0 Å². The van der Waals surface area contributed by atoms with Crippen LogP contribution in [0.25, 0.3) is 10.8 Å². The highest BCUT2D eigenvalue weighted by molar-refractivity contribution is 5.91. The predicted molar refractivity (Wildman–Crippen MR) is 98.6 cm³/mol. The zero-order chi connectivity index (χ0) is 16.4. The van der Waals surface area contributed by atoms with Crippen LogP contribution in [0.3, 0.4) is 0 Å². The first-order valence-electron chi connectivity index (χ1n) is 8.46. The number of pyridine rings is 1. The van der Waals surface area contributed by atoms with E-state index in [0.29, 0.717) is 5.92 Å². The van der Waals surface area contributed by atoms with Crippen molar-refractivity contribution in [1.82, 2.24) is 10.3 Å². The molecule has 2 heterocycles. The molecule has 0 saturated carbocycles. The maximum absolute atomic E-state index is 12.0. The molecule has 0 radical (unpaired) electrons. The molecule has 3 N–H and O–H groups in total. The smallest absolute Gasteiger partial charge is 0.255 e. The number of anilines is 1. The van der Waals surface area contributed by atoms with Gasteiger partial charge in [0.25, 0.3) is 5.56 Å². The molecule has 1 atom stereocenters. The molecule has 122 valence electrons. The third-order valence-corrected chi connectivity index (χ3v) is 4.78. The van der Waals surface area contributed by atoms with Crippen LogP contribution in [0.2, 0.25) is 0 Å². The number of nitrogens with one attached hydrogen (secondary N) is 3. The molecule has 4 nitrogen and oxygen atoms in total. The van der Waals surface area contributed by atoms with E-state index in [-0.39, 0.29) is 5.56 Å². The Bertz CT molecular complexity index is 902. The third-order valence-electron chi connectivity index (χ3n) is 4.78. The third kappa shape index (κ3) is 2.81. The number of rotatable bonds is 5. The molecular weight excluding hydrogens is 298 g/mol. The van der Waals surface area contributed by atoms with Gasteiger partial charge in [-0.3, -0.25) is 4.79 Å². The van der Waals surface area contributed by atoms with Crippen molar-refractivity contribution in [2.24, 2.45) is 0 Å². The van der Waals surface area contributed by atoms with Crippen molar-refractivity contribution in [3.63, 3.8) is 0 Å². The Morgan fingerprint density at radius 2 is 1.92 bits per heavy atom. The standard InChI is InChI=1S/C20H21N3O/c24-20-17-6-7-18-19(16(17)9-11-22-20)15(13-23-18)8-10-21-12-14-4-2-1-3-5-14/h1-7,9,11,15,21,23H,8,10,12-13H2,(H,22,24). The zero-order valence-electron chi connectivity index (χ0n) is 13.5. The molecule has 0 bridgehead atoms. The van der Waals surface area contributed by atoms with E-state index in [4.69, 9.17) is 0 Å². The van der Waals surface area contributed by atoms with Crippen molar-refractivity contribution in [1.29, 1.82) is 0 Å². The Morgan fingerprint density at radius 1 is 1.04 bits per heavy atom. The topological polar surface area (TPSA) is 56.9 Å². The summed E-state index contributed by atoms with van der Waals surface area (Å²) < 4.78 is 0. The summed E-state index contributed by atoms with van der Waals surface area (Å²) in [5.74, 6) is 0.439. The fraction of sp³-hybridized carbons (Fsp3) is 0.250. The minimum atomic E-state index is -0.0110. The molecule has 2 aromatic carbocycles. The molecule has 3 aromatic rings. The average molecular weight is 319 g/mol. The van der Waals surface area contributed by atoms with Crippen LogP contribution >= 0.6 is 0 Å². The van der Waals surface area contributed by atoms with Gasteiger partial charge in [0.05, 0.1) is 0 Å². The summed E-state index contributed by atoms with van der Waals surface area (Å²) in [6, 6.07) is 16.4. The van der Waals surface area contributed by atoms with Crippen molar-refractivity contribution < 1.29 is 0 Å². The number of benzene rings is 2. The van der Waals surface area contributed by atoms with E-state index in [0.717, 1.165) is 36.8 Å². The van der Waals surface area contributed by atoms with Crippen molar-refractivity contribution in [3.05, 3.63) is 76.2 Å². The van der Waals surface area contributed by atoms with Crippen molar-refractivity contribution >= 4 is 16.5 Å². The van der Waals surface area contributed by atoms with Crippen LogP contribution < -0.4 is 16.2 Å². The lowest BCUT2D eigenvalue weighted by atomic mass is 9.93. The quantitative estimate of drug-likeness (QED) is 0.633. The molecule has 0 amide bonds. The molecule has 4 rings (SSSR count). The van der Waals surface area contributed by atoms with Gasteiger partial charge in [-0.05, 0) is 47.7 Å². The van der Waals surface area contributed by atoms with Crippen LogP contribution in [0, 0.1) is 0 Å². The largest absolute Gasteiger partial charge is 0.384 e. The van der Waals surface area contributed by atoms with Gasteiger partial charge < -0.3 is 15.6 Å². The molecule has 0 saturated heterocycles. The van der Waals surface area contributed by atoms with Gasteiger partial charge in [-0.15, -0.1) is 0 Å². The Labute approximate surface area is 140 Å². The van der Waals surface area contributed by atoms with E-state index in [9.17, 15) is 4.79 Å². The monoisotopic (exact) mass is 319 g/mol. The summed E-state index contributed by atoms with van der Waals surface area (Å²) in [4.78, 5) is 14.8. The molecule has 0 fully saturated rings. The number of aromatic amines is 1. The summed E-state index contributed by atoms with van der Waals surface area (Å²) in [5.41, 5.74) is 3.75. The van der Waals surface area contributed by atoms with Gasteiger partial charge in [0.2, 0.25) is 0 Å². The highest BCUT2D eigenvalue weighted by Crippen LogP contribution is 2.37. The Balaban J connectivity index is 1.48. The van der Waals surface area contributed by atoms with Crippen LogP contribution in [0.15, 0.2) is 59.5 Å². The van der Waals surface area contributed by atoms with E-state index in [1.807, 2.05) is 24.3 Å². The van der Waals surface area contributed by atoms with E-state index >= 15 is 0 Å². The molecule has 4 heteroatoms. The normalized spacial score (nSPS) is 16.1. The van der Waals surface area contributed by atoms with Gasteiger partial charge in [-0.2, -0.15) is 0 Å². The van der Waals surface area contributed by atoms with Gasteiger partial charge in [-0.1, -0.05) is 30.3 Å². The first-order chi connectivity index (χ1) is 11.8. The lowest BCUT2D eigenvalue weighted by Crippen LogP contribution is -2.18. The molecule has 1 aliphatic rings.